The van der Waals surface area contributed by atoms with Crippen LogP contribution in [-0.2, 0) is 6.54 Å². The summed E-state index contributed by atoms with van der Waals surface area (Å²) >= 11 is 8.28. The number of halogens is 2. The van der Waals surface area contributed by atoms with Crippen LogP contribution in [0.4, 0.5) is 0 Å². The van der Waals surface area contributed by atoms with Gasteiger partial charge < -0.3 is 4.57 Å². The van der Waals surface area contributed by atoms with Gasteiger partial charge >= 0.3 is 0 Å². The number of Topliss-reactive ketones (excluding diaryl/α,β-unsaturated/α-hetero) is 1. The molecule has 21 heavy (non-hydrogen) atoms. The molecule has 3 rings (SSSR count). The Bertz CT molecular complexity index is 889. The summed E-state index contributed by atoms with van der Waals surface area (Å²) in [5.74, 6) is 0.0469. The van der Waals surface area contributed by atoms with Crippen LogP contribution in [0.25, 0.3) is 10.9 Å². The lowest BCUT2D eigenvalue weighted by molar-refractivity contribution is 0.0973. The van der Waals surface area contributed by atoms with Crippen molar-refractivity contribution in [2.45, 2.75) is 6.54 Å². The van der Waals surface area contributed by atoms with E-state index in [2.05, 4.69) is 37.9 Å². The van der Waals surface area contributed by atoms with Gasteiger partial charge in [-0.1, -0.05) is 0 Å². The van der Waals surface area contributed by atoms with Gasteiger partial charge in [-0.05, 0) is 62.2 Å². The van der Waals surface area contributed by atoms with Gasteiger partial charge in [0.15, 0.2) is 5.78 Å². The number of benzene rings is 1. The van der Waals surface area contributed by atoms with Crippen LogP contribution < -0.4 is 0 Å². The highest BCUT2D eigenvalue weighted by Crippen LogP contribution is 2.32. The van der Waals surface area contributed by atoms with E-state index in [4.69, 9.17) is 5.26 Å². The van der Waals surface area contributed by atoms with Crippen molar-refractivity contribution in [3.05, 3.63) is 55.2 Å². The molecule has 3 aromatic rings. The van der Waals surface area contributed by atoms with Crippen LogP contribution in [-0.4, -0.2) is 10.4 Å². The zero-order valence-corrected chi connectivity index (χ0v) is 14.6. The van der Waals surface area contributed by atoms with Crippen molar-refractivity contribution in [3.63, 3.8) is 0 Å². The molecule has 3 nitrogen and oxygen atoms in total. The minimum Gasteiger partial charge on any atom is -0.340 e. The number of fused-ring (bicyclic) bond motifs is 1. The lowest BCUT2D eigenvalue weighted by Gasteiger charge is -2.04. The first kappa shape index (κ1) is 14.5. The van der Waals surface area contributed by atoms with E-state index in [1.807, 2.05) is 35.0 Å². The normalized spacial score (nSPS) is 10.7. The molecule has 0 bridgehead atoms. The minimum atomic E-state index is 0.0469. The highest BCUT2D eigenvalue weighted by molar-refractivity contribution is 9.12. The molecule has 0 unspecified atom stereocenters. The molecule has 2 heterocycles. The molecule has 2 aromatic heterocycles. The van der Waals surface area contributed by atoms with E-state index < -0.39 is 0 Å². The molecule has 0 saturated heterocycles. The maximum atomic E-state index is 12.4. The Kier molecular flexibility index (Phi) is 3.98. The summed E-state index contributed by atoms with van der Waals surface area (Å²) < 4.78 is 3.66. The number of aromatic nitrogens is 1. The highest BCUT2D eigenvalue weighted by Gasteiger charge is 2.15. The zero-order chi connectivity index (χ0) is 15.0. The van der Waals surface area contributed by atoms with E-state index in [1.54, 1.807) is 6.07 Å². The monoisotopic (exact) mass is 422 g/mol. The molecule has 6 heteroatoms. The van der Waals surface area contributed by atoms with E-state index >= 15 is 0 Å². The van der Waals surface area contributed by atoms with Gasteiger partial charge in [-0.2, -0.15) is 5.26 Å². The topological polar surface area (TPSA) is 45.8 Å². The Labute approximate surface area is 142 Å². The van der Waals surface area contributed by atoms with Crippen molar-refractivity contribution in [2.75, 3.05) is 0 Å². The fourth-order valence-electron chi connectivity index (χ4n) is 2.18. The molecule has 0 spiro atoms. The maximum absolute atomic E-state index is 12.4. The summed E-state index contributed by atoms with van der Waals surface area (Å²) in [6.45, 7) is 0.275. The number of hydrogen-bond donors (Lipinski definition) is 0. The van der Waals surface area contributed by atoms with Crippen molar-refractivity contribution in [1.82, 2.24) is 4.57 Å². The third-order valence-electron chi connectivity index (χ3n) is 3.17. The third-order valence-corrected chi connectivity index (χ3v) is 5.51. The van der Waals surface area contributed by atoms with Crippen molar-refractivity contribution in [3.8, 4) is 6.07 Å². The lowest BCUT2D eigenvalue weighted by atomic mass is 10.2. The van der Waals surface area contributed by atoms with Gasteiger partial charge in [0, 0.05) is 22.7 Å². The molecule has 0 aliphatic carbocycles. The van der Waals surface area contributed by atoms with E-state index in [0.29, 0.717) is 11.1 Å². The quantitative estimate of drug-likeness (QED) is 0.557. The Morgan fingerprint density at radius 3 is 2.76 bits per heavy atom. The Morgan fingerprint density at radius 2 is 2.10 bits per heavy atom. The van der Waals surface area contributed by atoms with Gasteiger partial charge in [0.2, 0.25) is 0 Å². The summed E-state index contributed by atoms with van der Waals surface area (Å²) in [4.78, 5) is 12.4. The van der Waals surface area contributed by atoms with E-state index in [9.17, 15) is 4.79 Å². The first-order valence-corrected chi connectivity index (χ1v) is 8.46. The summed E-state index contributed by atoms with van der Waals surface area (Å²) in [5.41, 5.74) is 2.26. The second kappa shape index (κ2) is 5.76. The van der Waals surface area contributed by atoms with E-state index in [1.165, 1.54) is 11.3 Å². The largest absolute Gasteiger partial charge is 0.340 e. The summed E-state index contributed by atoms with van der Waals surface area (Å²) in [5, 5.41) is 9.88. The summed E-state index contributed by atoms with van der Waals surface area (Å²) in [7, 11) is 0. The van der Waals surface area contributed by atoms with Gasteiger partial charge in [-0.15, -0.1) is 11.3 Å². The van der Waals surface area contributed by atoms with Gasteiger partial charge in [0.05, 0.1) is 25.8 Å². The summed E-state index contributed by atoms with van der Waals surface area (Å²) in [6.07, 6.45) is 1.87. The standard InChI is InChI=1S/C15H8Br2N2OS/c16-14-6-11(15(17)21-14)13(20)8-19-4-3-10-5-9(7-18)1-2-12(10)19/h1-6H,8H2. The van der Waals surface area contributed by atoms with E-state index in [0.717, 1.165) is 18.5 Å². The van der Waals surface area contributed by atoms with Gasteiger partial charge in [0.1, 0.15) is 0 Å². The fraction of sp³-hybridized carbons (Fsp3) is 0.0667. The Hall–Kier alpha value is -1.42. The smallest absolute Gasteiger partial charge is 0.184 e. The molecule has 1 aromatic carbocycles. The molecule has 0 radical (unpaired) electrons. The van der Waals surface area contributed by atoms with E-state index in [-0.39, 0.29) is 12.3 Å². The van der Waals surface area contributed by atoms with Crippen molar-refractivity contribution < 1.29 is 4.79 Å². The van der Waals surface area contributed by atoms with Crippen molar-refractivity contribution in [1.29, 1.82) is 5.26 Å². The molecule has 0 amide bonds. The number of thiophene rings is 1. The molecule has 0 fully saturated rings. The Balaban J connectivity index is 1.93. The van der Waals surface area contributed by atoms with Gasteiger partial charge in [0.25, 0.3) is 0 Å². The number of hydrogen-bond acceptors (Lipinski definition) is 3. The molecule has 104 valence electrons. The molecule has 0 N–H and O–H groups in total. The van der Waals surface area contributed by atoms with Crippen molar-refractivity contribution >= 4 is 59.9 Å². The number of carbonyl (C=O) groups is 1. The highest BCUT2D eigenvalue weighted by atomic mass is 79.9. The first-order chi connectivity index (χ1) is 10.1. The second-order valence-corrected chi connectivity index (χ2v) is 8.24. The zero-order valence-electron chi connectivity index (χ0n) is 10.6. The van der Waals surface area contributed by atoms with Crippen molar-refractivity contribution in [2.24, 2.45) is 0 Å². The van der Waals surface area contributed by atoms with Crippen LogP contribution in [0.5, 0.6) is 0 Å². The predicted molar refractivity (Wildman–Crippen MR) is 90.7 cm³/mol. The number of carbonyl (C=O) groups excluding carboxylic acids is 1. The molecular weight excluding hydrogens is 416 g/mol. The molecule has 0 saturated carbocycles. The first-order valence-electron chi connectivity index (χ1n) is 6.05. The minimum absolute atomic E-state index is 0.0469. The molecular formula is C15H8Br2N2OS. The van der Waals surface area contributed by atoms with Gasteiger partial charge in [-0.25, -0.2) is 0 Å². The number of rotatable bonds is 3. The summed E-state index contributed by atoms with van der Waals surface area (Å²) in [6, 6.07) is 11.3. The third kappa shape index (κ3) is 2.82. The van der Waals surface area contributed by atoms with Gasteiger partial charge in [-0.3, -0.25) is 4.79 Å². The number of nitriles is 1. The Morgan fingerprint density at radius 1 is 1.29 bits per heavy atom. The number of nitrogens with zero attached hydrogens (tertiary/aromatic N) is 2. The molecule has 0 aliphatic rings. The van der Waals surface area contributed by atoms with Crippen LogP contribution in [0.1, 0.15) is 15.9 Å². The maximum Gasteiger partial charge on any atom is 0.184 e. The fourth-order valence-corrected chi connectivity index (χ4v) is 5.03. The SMILES string of the molecule is N#Cc1ccc2c(ccn2CC(=O)c2cc(Br)sc2Br)c1. The molecule has 0 aliphatic heterocycles. The average molecular weight is 424 g/mol. The predicted octanol–water partition coefficient (Wildman–Crippen LogP) is 4.98. The average Bonchev–Trinajstić information content (AvgIpc) is 3.01. The van der Waals surface area contributed by atoms with Crippen LogP contribution in [0, 0.1) is 11.3 Å². The molecule has 0 atom stereocenters. The lowest BCUT2D eigenvalue weighted by Crippen LogP contribution is -2.09. The van der Waals surface area contributed by atoms with Crippen LogP contribution in [0.3, 0.4) is 0 Å². The van der Waals surface area contributed by atoms with Crippen LogP contribution >= 0.6 is 43.2 Å². The van der Waals surface area contributed by atoms with Crippen LogP contribution in [0.15, 0.2) is 44.1 Å². The number of ketones is 1. The van der Waals surface area contributed by atoms with Crippen LogP contribution in [0.2, 0.25) is 0 Å². The second-order valence-electron chi connectivity index (χ2n) is 4.49.